The highest BCUT2D eigenvalue weighted by Gasteiger charge is 2.27. The predicted octanol–water partition coefficient (Wildman–Crippen LogP) is 9.73. The molecule has 0 saturated carbocycles. The van der Waals surface area contributed by atoms with Crippen molar-refractivity contribution in [2.45, 2.75) is 91.3 Å². The van der Waals surface area contributed by atoms with Crippen LogP contribution in [0.25, 0.3) is 0 Å². The van der Waals surface area contributed by atoms with Gasteiger partial charge in [0, 0.05) is 22.2 Å². The summed E-state index contributed by atoms with van der Waals surface area (Å²) in [5.74, 6) is 1.09. The van der Waals surface area contributed by atoms with Crippen molar-refractivity contribution in [1.29, 1.82) is 0 Å². The molecule has 4 nitrogen and oxygen atoms in total. The van der Waals surface area contributed by atoms with Gasteiger partial charge in [0.1, 0.15) is 11.2 Å². The summed E-state index contributed by atoms with van der Waals surface area (Å²) in [6.07, 6.45) is 0. The van der Waals surface area contributed by atoms with Crippen molar-refractivity contribution in [2.75, 3.05) is 10.6 Å². The van der Waals surface area contributed by atoms with E-state index in [1.807, 2.05) is 41.5 Å². The molecule has 3 aromatic rings. The Morgan fingerprint density at radius 2 is 0.675 bits per heavy atom. The van der Waals surface area contributed by atoms with Crippen LogP contribution in [0.3, 0.4) is 0 Å². The topological polar surface area (TPSA) is 42.5 Å². The molecule has 0 spiro atoms. The first-order valence-electron chi connectivity index (χ1n) is 14.0. The summed E-state index contributed by atoms with van der Waals surface area (Å²) in [5.41, 5.74) is 6.07. The van der Waals surface area contributed by atoms with Gasteiger partial charge in [-0.05, 0) is 101 Å². The van der Waals surface area contributed by atoms with E-state index in [9.17, 15) is 0 Å². The van der Waals surface area contributed by atoms with Crippen LogP contribution in [0.5, 0.6) is 0 Å². The molecule has 0 radical (unpaired) electrons. The second-order valence-electron chi connectivity index (χ2n) is 13.5. The van der Waals surface area contributed by atoms with E-state index in [2.05, 4.69) is 124 Å². The third-order valence-electron chi connectivity index (χ3n) is 6.97. The number of anilines is 2. The van der Waals surface area contributed by atoms with Crippen LogP contribution < -0.4 is 10.6 Å². The molecule has 0 atom stereocenters. The van der Waals surface area contributed by atoms with Gasteiger partial charge in [0.15, 0.2) is 11.8 Å². The monoisotopic (exact) mass is 540 g/mol. The number of nitrogens with one attached hydrogen (secondary N) is 2. The Morgan fingerprint density at radius 1 is 0.450 bits per heavy atom. The number of hydrogen-bond donors (Lipinski definition) is 2. The van der Waals surface area contributed by atoms with Gasteiger partial charge in [0.05, 0.1) is 0 Å². The van der Waals surface area contributed by atoms with E-state index < -0.39 is 0 Å². The van der Waals surface area contributed by atoms with Crippen LogP contribution in [0.1, 0.15) is 91.5 Å². The Morgan fingerprint density at radius 3 is 0.900 bits per heavy atom. The summed E-state index contributed by atoms with van der Waals surface area (Å²) >= 11 is 0. The van der Waals surface area contributed by atoms with E-state index in [1.165, 1.54) is 22.3 Å². The van der Waals surface area contributed by atoms with Gasteiger partial charge in [-0.15, -0.1) is 0 Å². The second kappa shape index (κ2) is 11.4. The molecular formula is C36H48N2O2. The lowest BCUT2D eigenvalue weighted by Crippen LogP contribution is -2.22. The fourth-order valence-electron chi connectivity index (χ4n) is 4.69. The number of ether oxygens (including phenoxy) is 2. The SMILES string of the molecule is C=C(Nc1ccc(C(C)(C)c2ccc(C(C)(C)c3ccc(NC(=C)OC(C)(C)C)cc3)cc2)cc1)OC(C)(C)C. The minimum absolute atomic E-state index is 0.148. The summed E-state index contributed by atoms with van der Waals surface area (Å²) in [6, 6.07) is 26.0. The lowest BCUT2D eigenvalue weighted by Gasteiger charge is -2.30. The molecule has 40 heavy (non-hydrogen) atoms. The van der Waals surface area contributed by atoms with Crippen molar-refractivity contribution in [3.63, 3.8) is 0 Å². The van der Waals surface area contributed by atoms with Crippen LogP contribution >= 0.6 is 0 Å². The molecule has 0 aliphatic carbocycles. The minimum Gasteiger partial charge on any atom is -0.474 e. The van der Waals surface area contributed by atoms with Crippen molar-refractivity contribution in [2.24, 2.45) is 0 Å². The van der Waals surface area contributed by atoms with Crippen molar-refractivity contribution in [3.05, 3.63) is 120 Å². The van der Waals surface area contributed by atoms with Gasteiger partial charge in [-0.2, -0.15) is 0 Å². The zero-order valence-electron chi connectivity index (χ0n) is 26.2. The standard InChI is InChI=1S/C36H48N2O2/c1-25(39-33(3,4)5)37-31-21-17-29(18-22-31)35(9,10)27-13-15-28(16-14-27)36(11,12)30-19-23-32(24-20-30)38-26(2)40-34(6,7)8/h13-24,37-38H,1-2H2,3-12H3. The van der Waals surface area contributed by atoms with E-state index in [0.717, 1.165) is 11.4 Å². The fourth-order valence-corrected chi connectivity index (χ4v) is 4.69. The Labute approximate surface area is 242 Å². The summed E-state index contributed by atoms with van der Waals surface area (Å²) < 4.78 is 11.6. The van der Waals surface area contributed by atoms with Crippen LogP contribution in [0.2, 0.25) is 0 Å². The van der Waals surface area contributed by atoms with Gasteiger partial charge >= 0.3 is 0 Å². The highest BCUT2D eigenvalue weighted by molar-refractivity contribution is 5.52. The Hall–Kier alpha value is -3.66. The molecule has 4 heteroatoms. The van der Waals surface area contributed by atoms with Crippen LogP contribution in [0.15, 0.2) is 97.7 Å². The molecule has 0 fully saturated rings. The van der Waals surface area contributed by atoms with Gasteiger partial charge in [0.2, 0.25) is 0 Å². The smallest absolute Gasteiger partial charge is 0.184 e. The van der Waals surface area contributed by atoms with Gasteiger partial charge in [-0.25, -0.2) is 0 Å². The Kier molecular flexibility index (Phi) is 8.84. The molecule has 2 N–H and O–H groups in total. The molecule has 3 rings (SSSR count). The van der Waals surface area contributed by atoms with E-state index in [4.69, 9.17) is 9.47 Å². The van der Waals surface area contributed by atoms with E-state index in [1.54, 1.807) is 0 Å². The maximum Gasteiger partial charge on any atom is 0.184 e. The zero-order valence-corrected chi connectivity index (χ0v) is 26.2. The molecule has 214 valence electrons. The molecule has 0 amide bonds. The minimum atomic E-state index is -0.287. The third-order valence-corrected chi connectivity index (χ3v) is 6.97. The fraction of sp³-hybridized carbons (Fsp3) is 0.389. The Bertz CT molecular complexity index is 1200. The van der Waals surface area contributed by atoms with Crippen molar-refractivity contribution in [3.8, 4) is 0 Å². The molecule has 0 aliphatic rings. The summed E-state index contributed by atoms with van der Waals surface area (Å²) in [6.45, 7) is 29.1. The normalized spacial score (nSPS) is 12.4. The molecule has 0 saturated heterocycles. The molecular weight excluding hydrogens is 492 g/mol. The molecule has 0 aromatic heterocycles. The highest BCUT2D eigenvalue weighted by atomic mass is 16.5. The molecule has 0 bridgehead atoms. The molecule has 0 unspecified atom stereocenters. The summed E-state index contributed by atoms with van der Waals surface area (Å²) in [5, 5.41) is 6.49. The quantitative estimate of drug-likeness (QED) is 0.251. The highest BCUT2D eigenvalue weighted by Crippen LogP contribution is 2.36. The third kappa shape index (κ3) is 8.17. The van der Waals surface area contributed by atoms with E-state index >= 15 is 0 Å². The van der Waals surface area contributed by atoms with Crippen LogP contribution in [0.4, 0.5) is 11.4 Å². The first-order chi connectivity index (χ1) is 18.4. The lowest BCUT2D eigenvalue weighted by molar-refractivity contribution is 0.0560. The second-order valence-corrected chi connectivity index (χ2v) is 13.5. The van der Waals surface area contributed by atoms with E-state index in [-0.39, 0.29) is 22.0 Å². The van der Waals surface area contributed by atoms with Crippen LogP contribution in [-0.2, 0) is 20.3 Å². The molecule has 0 aliphatic heterocycles. The molecule has 3 aromatic carbocycles. The maximum absolute atomic E-state index is 5.80. The van der Waals surface area contributed by atoms with Gasteiger partial charge < -0.3 is 20.1 Å². The first kappa shape index (κ1) is 30.9. The van der Waals surface area contributed by atoms with Crippen LogP contribution in [0, 0.1) is 0 Å². The Balaban J connectivity index is 1.71. The zero-order chi connectivity index (χ0) is 29.9. The average Bonchev–Trinajstić information content (AvgIpc) is 2.82. The number of benzene rings is 3. The van der Waals surface area contributed by atoms with Gasteiger partial charge in [0.25, 0.3) is 0 Å². The number of hydrogen-bond acceptors (Lipinski definition) is 4. The predicted molar refractivity (Wildman–Crippen MR) is 171 cm³/mol. The van der Waals surface area contributed by atoms with Gasteiger partial charge in [-0.3, -0.25) is 0 Å². The molecule has 0 heterocycles. The van der Waals surface area contributed by atoms with Crippen LogP contribution in [-0.4, -0.2) is 11.2 Å². The van der Waals surface area contributed by atoms with Gasteiger partial charge in [-0.1, -0.05) is 76.2 Å². The van der Waals surface area contributed by atoms with E-state index in [0.29, 0.717) is 11.8 Å². The average molecular weight is 541 g/mol. The van der Waals surface area contributed by atoms with Crippen molar-refractivity contribution in [1.82, 2.24) is 0 Å². The van der Waals surface area contributed by atoms with Crippen molar-refractivity contribution < 1.29 is 9.47 Å². The summed E-state index contributed by atoms with van der Waals surface area (Å²) in [7, 11) is 0. The summed E-state index contributed by atoms with van der Waals surface area (Å²) in [4.78, 5) is 0. The van der Waals surface area contributed by atoms with Crippen molar-refractivity contribution >= 4 is 11.4 Å². The largest absolute Gasteiger partial charge is 0.474 e. The maximum atomic E-state index is 5.80. The first-order valence-corrected chi connectivity index (χ1v) is 14.0. The lowest BCUT2D eigenvalue weighted by atomic mass is 9.74. The number of rotatable bonds is 10.